The highest BCUT2D eigenvalue weighted by atomic mass is 16.4. The molecule has 0 aliphatic carbocycles. The lowest BCUT2D eigenvalue weighted by Crippen LogP contribution is -2.46. The van der Waals surface area contributed by atoms with Crippen LogP contribution in [0.5, 0.6) is 0 Å². The molecule has 1 aliphatic rings. The normalized spacial score (nSPS) is 16.4. The first-order valence-corrected chi connectivity index (χ1v) is 8.42. The van der Waals surface area contributed by atoms with Gasteiger partial charge in [-0.3, -0.25) is 4.79 Å². The number of amides is 1. The third-order valence-electron chi connectivity index (χ3n) is 4.47. The minimum absolute atomic E-state index is 0.00431. The largest absolute Gasteiger partial charge is 0.423 e. The van der Waals surface area contributed by atoms with Gasteiger partial charge in [-0.25, -0.2) is 4.79 Å². The third-order valence-corrected chi connectivity index (χ3v) is 4.47. The summed E-state index contributed by atoms with van der Waals surface area (Å²) in [5, 5.41) is 3.71. The first-order chi connectivity index (χ1) is 11.6. The molecule has 0 unspecified atom stereocenters. The molecule has 1 aromatic carbocycles. The lowest BCUT2D eigenvalue weighted by atomic mass is 10.2. The van der Waals surface area contributed by atoms with Crippen molar-refractivity contribution in [2.75, 3.05) is 44.6 Å². The van der Waals surface area contributed by atoms with Crippen LogP contribution in [0.1, 0.15) is 13.3 Å². The minimum atomic E-state index is -0.373. The van der Waals surface area contributed by atoms with Gasteiger partial charge in [0.25, 0.3) is 0 Å². The molecular formula is C18H23N3O3. The van der Waals surface area contributed by atoms with Gasteiger partial charge in [0.1, 0.15) is 5.58 Å². The molecule has 1 saturated heterocycles. The number of piperazine rings is 1. The Balaban J connectivity index is 1.51. The number of anilines is 1. The second-order valence-electron chi connectivity index (χ2n) is 6.08. The van der Waals surface area contributed by atoms with Gasteiger partial charge in [0.05, 0.1) is 0 Å². The maximum absolute atomic E-state index is 12.1. The van der Waals surface area contributed by atoms with Crippen molar-refractivity contribution < 1.29 is 9.21 Å². The van der Waals surface area contributed by atoms with E-state index in [1.54, 1.807) is 18.2 Å². The topological polar surface area (TPSA) is 65.8 Å². The van der Waals surface area contributed by atoms with Gasteiger partial charge in [-0.2, -0.15) is 0 Å². The summed E-state index contributed by atoms with van der Waals surface area (Å²) in [4.78, 5) is 28.1. The monoisotopic (exact) mass is 329 g/mol. The predicted octanol–water partition coefficient (Wildman–Crippen LogP) is 1.76. The Morgan fingerprint density at radius 3 is 2.62 bits per heavy atom. The fourth-order valence-corrected chi connectivity index (χ4v) is 2.96. The van der Waals surface area contributed by atoms with Gasteiger partial charge < -0.3 is 19.5 Å². The molecule has 128 valence electrons. The number of rotatable bonds is 5. The van der Waals surface area contributed by atoms with Crippen LogP contribution >= 0.6 is 0 Å². The van der Waals surface area contributed by atoms with Crippen molar-refractivity contribution in [3.05, 3.63) is 40.8 Å². The highest BCUT2D eigenvalue weighted by Gasteiger charge is 2.16. The smallest absolute Gasteiger partial charge is 0.336 e. The number of likely N-dealkylation sites (N-methyl/N-ethyl adjacent to an activating group) is 1. The number of benzene rings is 1. The van der Waals surface area contributed by atoms with Crippen molar-refractivity contribution in [3.8, 4) is 0 Å². The fourth-order valence-electron chi connectivity index (χ4n) is 2.96. The molecule has 1 N–H and O–H groups in total. The van der Waals surface area contributed by atoms with Crippen LogP contribution < -0.4 is 10.9 Å². The van der Waals surface area contributed by atoms with E-state index in [1.165, 1.54) is 6.07 Å². The predicted molar refractivity (Wildman–Crippen MR) is 94.3 cm³/mol. The van der Waals surface area contributed by atoms with Crippen molar-refractivity contribution in [3.63, 3.8) is 0 Å². The second kappa shape index (κ2) is 7.59. The van der Waals surface area contributed by atoms with Crippen LogP contribution in [-0.2, 0) is 4.79 Å². The zero-order chi connectivity index (χ0) is 16.9. The maximum Gasteiger partial charge on any atom is 0.336 e. The lowest BCUT2D eigenvalue weighted by molar-refractivity contribution is -0.116. The number of hydrogen-bond acceptors (Lipinski definition) is 5. The van der Waals surface area contributed by atoms with Gasteiger partial charge in [0, 0.05) is 56.3 Å². The number of nitrogens with one attached hydrogen (secondary N) is 1. The molecule has 0 spiro atoms. The first-order valence-electron chi connectivity index (χ1n) is 8.42. The van der Waals surface area contributed by atoms with Crippen LogP contribution in [0, 0.1) is 0 Å². The van der Waals surface area contributed by atoms with Crippen LogP contribution in [0.25, 0.3) is 11.0 Å². The van der Waals surface area contributed by atoms with Crippen LogP contribution in [0.4, 0.5) is 5.69 Å². The van der Waals surface area contributed by atoms with Crippen LogP contribution in [0.15, 0.2) is 39.5 Å². The number of carbonyl (C=O) groups is 1. The molecule has 0 bridgehead atoms. The zero-order valence-electron chi connectivity index (χ0n) is 14.0. The minimum Gasteiger partial charge on any atom is -0.423 e. The highest BCUT2D eigenvalue weighted by Crippen LogP contribution is 2.17. The Hall–Kier alpha value is -2.18. The van der Waals surface area contributed by atoms with E-state index < -0.39 is 0 Å². The molecule has 1 aromatic heterocycles. The van der Waals surface area contributed by atoms with Gasteiger partial charge in [-0.15, -0.1) is 0 Å². The number of hydrogen-bond donors (Lipinski definition) is 1. The molecule has 1 aliphatic heterocycles. The standard InChI is InChI=1S/C18H23N3O3/c1-2-20-9-11-21(12-10-20)8-7-17(22)19-15-4-5-16-14(13-15)3-6-18(23)24-16/h3-6,13H,2,7-12H2,1H3,(H,19,22). The quantitative estimate of drug-likeness (QED) is 0.847. The van der Waals surface area contributed by atoms with Crippen LogP contribution in [-0.4, -0.2) is 55.0 Å². The van der Waals surface area contributed by atoms with Gasteiger partial charge in [0.2, 0.25) is 5.91 Å². The summed E-state index contributed by atoms with van der Waals surface area (Å²) >= 11 is 0. The Morgan fingerprint density at radius 2 is 1.88 bits per heavy atom. The first kappa shape index (κ1) is 16.7. The molecule has 0 atom stereocenters. The Morgan fingerprint density at radius 1 is 1.12 bits per heavy atom. The molecule has 6 nitrogen and oxygen atoms in total. The third kappa shape index (κ3) is 4.21. The Bertz CT molecular complexity index is 763. The SMILES string of the molecule is CCN1CCN(CCC(=O)Nc2ccc3oc(=O)ccc3c2)CC1. The van der Waals surface area contributed by atoms with Crippen LogP contribution in [0.3, 0.4) is 0 Å². The number of nitrogens with zero attached hydrogens (tertiary/aromatic N) is 2. The highest BCUT2D eigenvalue weighted by molar-refractivity contribution is 5.93. The molecule has 1 fully saturated rings. The molecule has 0 saturated carbocycles. The van der Waals surface area contributed by atoms with Crippen LogP contribution in [0.2, 0.25) is 0 Å². The molecular weight excluding hydrogens is 306 g/mol. The van der Waals surface area contributed by atoms with E-state index in [0.717, 1.165) is 50.3 Å². The van der Waals surface area contributed by atoms with Gasteiger partial charge in [0.15, 0.2) is 0 Å². The summed E-state index contributed by atoms with van der Waals surface area (Å²) in [6.45, 7) is 8.26. The Kier molecular flexibility index (Phi) is 5.27. The molecule has 3 rings (SSSR count). The average Bonchev–Trinajstić information content (AvgIpc) is 2.60. The fraction of sp³-hybridized carbons (Fsp3) is 0.444. The summed E-state index contributed by atoms with van der Waals surface area (Å²) in [6, 6.07) is 8.35. The van der Waals surface area contributed by atoms with Gasteiger partial charge in [-0.05, 0) is 30.8 Å². The Labute approximate surface area is 141 Å². The van der Waals surface area contributed by atoms with Crippen molar-refractivity contribution in [2.45, 2.75) is 13.3 Å². The van der Waals surface area contributed by atoms with E-state index in [2.05, 4.69) is 22.0 Å². The van der Waals surface area contributed by atoms with E-state index in [9.17, 15) is 9.59 Å². The molecule has 6 heteroatoms. The lowest BCUT2D eigenvalue weighted by Gasteiger charge is -2.33. The van der Waals surface area contributed by atoms with E-state index in [1.807, 2.05) is 6.07 Å². The molecule has 1 amide bonds. The number of fused-ring (bicyclic) bond motifs is 1. The van der Waals surface area contributed by atoms with Crippen molar-refractivity contribution >= 4 is 22.6 Å². The maximum atomic E-state index is 12.1. The van der Waals surface area contributed by atoms with E-state index in [4.69, 9.17) is 4.42 Å². The van der Waals surface area contributed by atoms with Gasteiger partial charge >= 0.3 is 5.63 Å². The molecule has 0 radical (unpaired) electrons. The number of carbonyl (C=O) groups excluding carboxylic acids is 1. The summed E-state index contributed by atoms with van der Waals surface area (Å²) in [6.07, 6.45) is 0.480. The van der Waals surface area contributed by atoms with Crippen molar-refractivity contribution in [2.24, 2.45) is 0 Å². The molecule has 2 aromatic rings. The van der Waals surface area contributed by atoms with Crippen molar-refractivity contribution in [1.82, 2.24) is 9.80 Å². The van der Waals surface area contributed by atoms with Gasteiger partial charge in [-0.1, -0.05) is 6.92 Å². The summed E-state index contributed by atoms with van der Waals surface area (Å²) in [7, 11) is 0. The summed E-state index contributed by atoms with van der Waals surface area (Å²) in [5.74, 6) is 0.00431. The average molecular weight is 329 g/mol. The summed E-state index contributed by atoms with van der Waals surface area (Å²) < 4.78 is 5.09. The van der Waals surface area contributed by atoms with E-state index >= 15 is 0 Å². The summed E-state index contributed by atoms with van der Waals surface area (Å²) in [5.41, 5.74) is 0.869. The van der Waals surface area contributed by atoms with E-state index in [-0.39, 0.29) is 11.5 Å². The molecule has 2 heterocycles. The van der Waals surface area contributed by atoms with E-state index in [0.29, 0.717) is 12.0 Å². The molecule has 24 heavy (non-hydrogen) atoms. The van der Waals surface area contributed by atoms with Crippen molar-refractivity contribution in [1.29, 1.82) is 0 Å². The zero-order valence-corrected chi connectivity index (χ0v) is 14.0. The second-order valence-corrected chi connectivity index (χ2v) is 6.08.